The van der Waals surface area contributed by atoms with Crippen molar-refractivity contribution in [1.29, 1.82) is 0 Å². The maximum Gasteiger partial charge on any atom is 0.335 e. The van der Waals surface area contributed by atoms with Crippen LogP contribution in [0.5, 0.6) is 0 Å². The Balaban J connectivity index is 2.99. The largest absolute Gasteiger partial charge is 0.478 e. The van der Waals surface area contributed by atoms with Gasteiger partial charge in [-0.2, -0.15) is 0 Å². The zero-order valence-electron chi connectivity index (χ0n) is 8.28. The summed E-state index contributed by atoms with van der Waals surface area (Å²) >= 11 is 0. The van der Waals surface area contributed by atoms with Gasteiger partial charge in [0.2, 0.25) is 0 Å². The lowest BCUT2D eigenvalue weighted by Gasteiger charge is -1.99. The van der Waals surface area contributed by atoms with E-state index in [-0.39, 0.29) is 12.0 Å². The lowest BCUT2D eigenvalue weighted by atomic mass is 10.1. The molecule has 0 aliphatic heterocycles. The van der Waals surface area contributed by atoms with E-state index in [0.717, 1.165) is 17.4 Å². The van der Waals surface area contributed by atoms with Gasteiger partial charge in [0, 0.05) is 5.56 Å². The maximum absolute atomic E-state index is 10.6. The third-order valence-electron chi connectivity index (χ3n) is 1.88. The van der Waals surface area contributed by atoms with Crippen molar-refractivity contribution in [2.45, 2.75) is 13.3 Å². The monoisotopic (exact) mass is 202 g/mol. The van der Waals surface area contributed by atoms with Crippen LogP contribution in [-0.2, 0) is 4.79 Å². The normalized spacial score (nSPS) is 8.87. The molecule has 1 rings (SSSR count). The molecule has 76 valence electrons. The van der Waals surface area contributed by atoms with E-state index in [4.69, 9.17) is 5.11 Å². The molecule has 0 unspecified atom stereocenters. The quantitative estimate of drug-likeness (QED) is 0.585. The van der Waals surface area contributed by atoms with Crippen molar-refractivity contribution in [3.63, 3.8) is 0 Å². The number of carboxylic acid groups (broad SMARTS) is 1. The van der Waals surface area contributed by atoms with E-state index in [0.29, 0.717) is 0 Å². The Bertz CT molecular complexity index is 450. The predicted molar refractivity (Wildman–Crippen MR) is 55.7 cm³/mol. The van der Waals surface area contributed by atoms with Crippen LogP contribution in [-0.4, -0.2) is 17.4 Å². The highest BCUT2D eigenvalue weighted by Gasteiger charge is 2.03. The highest BCUT2D eigenvalue weighted by Crippen LogP contribution is 2.09. The summed E-state index contributed by atoms with van der Waals surface area (Å²) < 4.78 is 0. The van der Waals surface area contributed by atoms with Crippen LogP contribution in [0.2, 0.25) is 0 Å². The van der Waals surface area contributed by atoms with E-state index in [1.165, 1.54) is 6.07 Å². The Kier molecular flexibility index (Phi) is 3.64. The molecule has 0 radical (unpaired) electrons. The number of aldehydes is 1. The third-order valence-corrected chi connectivity index (χ3v) is 1.88. The fourth-order valence-corrected chi connectivity index (χ4v) is 1.12. The number of aryl methyl sites for hydroxylation is 1. The lowest BCUT2D eigenvalue weighted by molar-refractivity contribution is -0.107. The first-order valence-corrected chi connectivity index (χ1v) is 4.41. The summed E-state index contributed by atoms with van der Waals surface area (Å²) in [5.41, 5.74) is 1.79. The van der Waals surface area contributed by atoms with Crippen molar-refractivity contribution < 1.29 is 14.7 Å². The zero-order valence-corrected chi connectivity index (χ0v) is 8.28. The van der Waals surface area contributed by atoms with Crippen molar-refractivity contribution in [3.05, 3.63) is 34.9 Å². The van der Waals surface area contributed by atoms with Crippen LogP contribution in [0.3, 0.4) is 0 Å². The van der Waals surface area contributed by atoms with Gasteiger partial charge >= 0.3 is 5.97 Å². The highest BCUT2D eigenvalue weighted by atomic mass is 16.4. The first kappa shape index (κ1) is 11.0. The molecule has 1 aromatic rings. The summed E-state index contributed by atoms with van der Waals surface area (Å²) in [6.45, 7) is 1.79. The summed E-state index contributed by atoms with van der Waals surface area (Å²) in [7, 11) is 0. The van der Waals surface area contributed by atoms with Crippen molar-refractivity contribution in [2.75, 3.05) is 0 Å². The molecule has 3 nitrogen and oxygen atoms in total. The number of hydrogen-bond acceptors (Lipinski definition) is 2. The van der Waals surface area contributed by atoms with Gasteiger partial charge in [-0.15, -0.1) is 0 Å². The minimum Gasteiger partial charge on any atom is -0.478 e. The minimum absolute atomic E-state index is 0.195. The van der Waals surface area contributed by atoms with E-state index < -0.39 is 5.97 Å². The number of carbonyl (C=O) groups excluding carboxylic acids is 1. The molecule has 0 amide bonds. The summed E-state index contributed by atoms with van der Waals surface area (Å²) in [5.74, 6) is 4.53. The van der Waals surface area contributed by atoms with E-state index in [1.54, 1.807) is 19.1 Å². The van der Waals surface area contributed by atoms with Gasteiger partial charge in [-0.3, -0.25) is 0 Å². The summed E-state index contributed by atoms with van der Waals surface area (Å²) in [5, 5.41) is 8.73. The fraction of sp³-hybridized carbons (Fsp3) is 0.167. The Hall–Kier alpha value is -2.08. The minimum atomic E-state index is -0.953. The second kappa shape index (κ2) is 4.97. The molecule has 3 heteroatoms. The number of hydrogen-bond donors (Lipinski definition) is 1. The summed E-state index contributed by atoms with van der Waals surface area (Å²) in [4.78, 5) is 20.7. The molecule has 1 N–H and O–H groups in total. The van der Waals surface area contributed by atoms with Crippen molar-refractivity contribution in [1.82, 2.24) is 0 Å². The van der Waals surface area contributed by atoms with Gasteiger partial charge in [-0.1, -0.05) is 11.8 Å². The second-order valence-electron chi connectivity index (χ2n) is 3.01. The molecule has 0 saturated heterocycles. The Morgan fingerprint density at radius 1 is 1.53 bits per heavy atom. The molecule has 0 aliphatic carbocycles. The van der Waals surface area contributed by atoms with Crippen LogP contribution in [0.25, 0.3) is 0 Å². The first-order chi connectivity index (χ1) is 7.15. The Morgan fingerprint density at radius 2 is 2.27 bits per heavy atom. The average molecular weight is 202 g/mol. The molecule has 1 aromatic carbocycles. The molecule has 0 atom stereocenters. The van der Waals surface area contributed by atoms with Crippen LogP contribution < -0.4 is 0 Å². The molecule has 0 heterocycles. The van der Waals surface area contributed by atoms with Gasteiger partial charge in [-0.25, -0.2) is 4.79 Å². The molecule has 15 heavy (non-hydrogen) atoms. The number of rotatable bonds is 2. The molecular weight excluding hydrogens is 192 g/mol. The van der Waals surface area contributed by atoms with Crippen LogP contribution >= 0.6 is 0 Å². The molecular formula is C12H10O3. The number of aromatic carboxylic acids is 1. The predicted octanol–water partition coefficient (Wildman–Crippen LogP) is 1.63. The molecule has 0 spiro atoms. The van der Waals surface area contributed by atoms with Crippen molar-refractivity contribution >= 4 is 12.3 Å². The van der Waals surface area contributed by atoms with E-state index in [1.807, 2.05) is 0 Å². The van der Waals surface area contributed by atoms with Crippen LogP contribution in [0.1, 0.15) is 27.9 Å². The smallest absolute Gasteiger partial charge is 0.335 e. The van der Waals surface area contributed by atoms with E-state index >= 15 is 0 Å². The molecule has 0 saturated carbocycles. The fourth-order valence-electron chi connectivity index (χ4n) is 1.12. The number of carbonyl (C=O) groups is 2. The third kappa shape index (κ3) is 2.96. The van der Waals surface area contributed by atoms with Gasteiger partial charge in [0.05, 0.1) is 12.0 Å². The number of benzene rings is 1. The highest BCUT2D eigenvalue weighted by molar-refractivity contribution is 5.88. The molecule has 0 bridgehead atoms. The van der Waals surface area contributed by atoms with E-state index in [2.05, 4.69) is 11.8 Å². The first-order valence-electron chi connectivity index (χ1n) is 4.41. The van der Waals surface area contributed by atoms with E-state index in [9.17, 15) is 9.59 Å². The standard InChI is InChI=1S/C12H10O3/c1-9-8-11(12(14)15)6-5-10(9)4-2-3-7-13/h5-8H,3H2,1H3,(H,14,15). The molecule has 0 aromatic heterocycles. The van der Waals surface area contributed by atoms with Gasteiger partial charge in [0.1, 0.15) is 6.29 Å². The summed E-state index contributed by atoms with van der Waals surface area (Å²) in [6, 6.07) is 4.71. The number of carboxylic acids is 1. The molecule has 0 aliphatic rings. The van der Waals surface area contributed by atoms with Gasteiger partial charge in [-0.05, 0) is 30.7 Å². The van der Waals surface area contributed by atoms with Gasteiger partial charge < -0.3 is 9.90 Å². The maximum atomic E-state index is 10.6. The van der Waals surface area contributed by atoms with Crippen molar-refractivity contribution in [2.24, 2.45) is 0 Å². The van der Waals surface area contributed by atoms with Gasteiger partial charge in [0.25, 0.3) is 0 Å². The van der Waals surface area contributed by atoms with Crippen molar-refractivity contribution in [3.8, 4) is 11.8 Å². The molecule has 0 fully saturated rings. The topological polar surface area (TPSA) is 54.4 Å². The Labute approximate surface area is 87.7 Å². The van der Waals surface area contributed by atoms with Crippen LogP contribution in [0.15, 0.2) is 18.2 Å². The zero-order chi connectivity index (χ0) is 11.3. The van der Waals surface area contributed by atoms with Crippen LogP contribution in [0.4, 0.5) is 0 Å². The van der Waals surface area contributed by atoms with Crippen LogP contribution in [0, 0.1) is 18.8 Å². The summed E-state index contributed by atoms with van der Waals surface area (Å²) in [6.07, 6.45) is 0.925. The SMILES string of the molecule is Cc1cc(C(=O)O)ccc1C#CCC=O. The van der Waals surface area contributed by atoms with Gasteiger partial charge in [0.15, 0.2) is 0 Å². The Morgan fingerprint density at radius 3 is 2.80 bits per heavy atom. The average Bonchev–Trinajstić information content (AvgIpc) is 2.20. The lowest BCUT2D eigenvalue weighted by Crippen LogP contribution is -1.97. The second-order valence-corrected chi connectivity index (χ2v) is 3.01.